The maximum absolute atomic E-state index is 13.9. The van der Waals surface area contributed by atoms with Gasteiger partial charge in [-0.05, 0) is 55.9 Å². The van der Waals surface area contributed by atoms with Gasteiger partial charge in [-0.3, -0.25) is 4.79 Å². The van der Waals surface area contributed by atoms with Gasteiger partial charge in [-0.25, -0.2) is 18.7 Å². The minimum Gasteiger partial charge on any atom is -0.379 e. The maximum atomic E-state index is 13.9. The highest BCUT2D eigenvalue weighted by Gasteiger charge is 2.34. The normalized spacial score (nSPS) is 22.2. The topological polar surface area (TPSA) is 79.8 Å². The number of aromatic nitrogens is 2. The molecule has 0 radical (unpaired) electrons. The quantitative estimate of drug-likeness (QED) is 0.508. The van der Waals surface area contributed by atoms with E-state index in [2.05, 4.69) is 15.3 Å². The number of halogens is 5. The van der Waals surface area contributed by atoms with Crippen molar-refractivity contribution in [1.29, 1.82) is 0 Å². The highest BCUT2D eigenvalue weighted by molar-refractivity contribution is 5.95. The molecule has 224 valence electrons. The fourth-order valence-corrected chi connectivity index (χ4v) is 5.89. The number of likely N-dealkylation sites (tertiary alicyclic amines) is 1. The molecule has 2 saturated heterocycles. The average molecular weight is 584 g/mol. The van der Waals surface area contributed by atoms with Crippen LogP contribution in [-0.4, -0.2) is 78.9 Å². The Morgan fingerprint density at radius 3 is 2.56 bits per heavy atom. The summed E-state index contributed by atoms with van der Waals surface area (Å²) < 4.78 is 78.7. The van der Waals surface area contributed by atoms with Crippen LogP contribution in [0.15, 0.2) is 18.2 Å². The van der Waals surface area contributed by atoms with E-state index in [0.29, 0.717) is 63.2 Å². The lowest BCUT2D eigenvalue weighted by Crippen LogP contribution is -2.54. The Bertz CT molecular complexity index is 1250. The van der Waals surface area contributed by atoms with Crippen LogP contribution < -0.4 is 10.2 Å². The molecule has 3 aliphatic rings. The van der Waals surface area contributed by atoms with E-state index < -0.39 is 29.9 Å². The summed E-state index contributed by atoms with van der Waals surface area (Å²) in [7, 11) is 1.66. The first-order chi connectivity index (χ1) is 19.5. The molecule has 13 heteroatoms. The largest absolute Gasteiger partial charge is 0.416 e. The van der Waals surface area contributed by atoms with Crippen LogP contribution in [0.1, 0.15) is 64.3 Å². The van der Waals surface area contributed by atoms with Crippen molar-refractivity contribution in [2.75, 3.05) is 44.9 Å². The Morgan fingerprint density at radius 2 is 1.88 bits per heavy atom. The smallest absolute Gasteiger partial charge is 0.379 e. The fraction of sp³-hybridized carbons (Fsp3) is 0.607. The molecule has 8 nitrogen and oxygen atoms in total. The van der Waals surface area contributed by atoms with Crippen molar-refractivity contribution in [3.63, 3.8) is 0 Å². The molecule has 0 spiro atoms. The van der Waals surface area contributed by atoms with Crippen molar-refractivity contribution >= 4 is 11.7 Å². The fourth-order valence-electron chi connectivity index (χ4n) is 5.89. The average Bonchev–Trinajstić information content (AvgIpc) is 2.96. The molecular weight excluding hydrogens is 549 g/mol. The van der Waals surface area contributed by atoms with Gasteiger partial charge in [0.1, 0.15) is 11.5 Å². The van der Waals surface area contributed by atoms with Gasteiger partial charge in [-0.1, -0.05) is 6.07 Å². The summed E-state index contributed by atoms with van der Waals surface area (Å²) in [6.07, 6.45) is -4.94. The van der Waals surface area contributed by atoms with Crippen molar-refractivity contribution < 1.29 is 36.2 Å². The number of alkyl halides is 5. The molecule has 2 fully saturated rings. The number of hydrogen-bond acceptors (Lipinski definition) is 7. The molecule has 2 aromatic rings. The predicted molar refractivity (Wildman–Crippen MR) is 140 cm³/mol. The third-order valence-corrected chi connectivity index (χ3v) is 8.22. The van der Waals surface area contributed by atoms with Crippen molar-refractivity contribution in [2.24, 2.45) is 0 Å². The Hall–Kier alpha value is -2.90. The number of piperidine rings is 1. The lowest BCUT2D eigenvalue weighted by molar-refractivity contribution is -0.137. The number of benzene rings is 1. The number of anilines is 1. The number of ether oxygens (including phenoxy) is 2. The van der Waals surface area contributed by atoms with E-state index in [1.54, 1.807) is 23.8 Å². The molecule has 41 heavy (non-hydrogen) atoms. The number of methoxy groups -OCH3 is 1. The van der Waals surface area contributed by atoms with Gasteiger partial charge in [0.05, 0.1) is 18.3 Å². The van der Waals surface area contributed by atoms with Gasteiger partial charge < -0.3 is 24.6 Å². The van der Waals surface area contributed by atoms with E-state index in [4.69, 9.17) is 9.47 Å². The minimum atomic E-state index is -4.50. The summed E-state index contributed by atoms with van der Waals surface area (Å²) in [6.45, 7) is 4.05. The second kappa shape index (κ2) is 12.1. The van der Waals surface area contributed by atoms with Crippen LogP contribution in [0.25, 0.3) is 0 Å². The standard InChI is InChI=1S/C28H34F5N5O3/c1-16-23(27(39)37-10-6-20(7-11-37)34-21-8-12-41-15-22(21)40-2)35-25(24(29)30)36-26(16)38-9-5-17-3-4-19(28(31,32)33)13-18(17)14-38/h3-4,13,20-22,24,34H,5-12,14-15H2,1-2H3/t21-,22+/m1/s1. The van der Waals surface area contributed by atoms with Crippen molar-refractivity contribution in [3.05, 3.63) is 52.0 Å². The van der Waals surface area contributed by atoms with Crippen LogP contribution in [0.4, 0.5) is 27.8 Å². The third-order valence-electron chi connectivity index (χ3n) is 8.22. The predicted octanol–water partition coefficient (Wildman–Crippen LogP) is 4.30. The lowest BCUT2D eigenvalue weighted by atomic mass is 9.96. The van der Waals surface area contributed by atoms with Crippen molar-refractivity contribution in [3.8, 4) is 0 Å². The molecular formula is C28H34F5N5O3. The van der Waals surface area contributed by atoms with E-state index in [1.165, 1.54) is 6.07 Å². The van der Waals surface area contributed by atoms with Gasteiger partial charge in [-0.2, -0.15) is 13.2 Å². The first kappa shape index (κ1) is 29.6. The first-order valence-electron chi connectivity index (χ1n) is 13.8. The van der Waals surface area contributed by atoms with Crippen LogP contribution in [0.5, 0.6) is 0 Å². The highest BCUT2D eigenvalue weighted by atomic mass is 19.4. The van der Waals surface area contributed by atoms with E-state index in [9.17, 15) is 26.7 Å². The van der Waals surface area contributed by atoms with Crippen molar-refractivity contribution in [1.82, 2.24) is 20.2 Å². The Morgan fingerprint density at radius 1 is 1.12 bits per heavy atom. The highest BCUT2D eigenvalue weighted by Crippen LogP contribution is 2.34. The molecule has 0 aliphatic carbocycles. The molecule has 1 N–H and O–H groups in total. The summed E-state index contributed by atoms with van der Waals surface area (Å²) in [5.74, 6) is -1.09. The van der Waals surface area contributed by atoms with Gasteiger partial charge in [0.15, 0.2) is 5.82 Å². The molecule has 4 heterocycles. The van der Waals surface area contributed by atoms with Crippen LogP contribution in [0.3, 0.4) is 0 Å². The molecule has 1 amide bonds. The maximum Gasteiger partial charge on any atom is 0.416 e. The number of hydrogen-bond donors (Lipinski definition) is 1. The molecule has 5 rings (SSSR count). The van der Waals surface area contributed by atoms with E-state index >= 15 is 0 Å². The van der Waals surface area contributed by atoms with Gasteiger partial charge in [-0.15, -0.1) is 0 Å². The Labute approximate surface area is 235 Å². The molecule has 0 saturated carbocycles. The van der Waals surface area contributed by atoms with Crippen LogP contribution >= 0.6 is 0 Å². The van der Waals surface area contributed by atoms with E-state index in [0.717, 1.165) is 24.1 Å². The van der Waals surface area contributed by atoms with E-state index in [1.807, 2.05) is 0 Å². The molecule has 1 aromatic heterocycles. The molecule has 0 unspecified atom stereocenters. The lowest BCUT2D eigenvalue weighted by Gasteiger charge is -2.38. The molecule has 0 bridgehead atoms. The number of nitrogens with one attached hydrogen (secondary N) is 1. The number of carbonyl (C=O) groups is 1. The molecule has 1 aromatic carbocycles. The number of carbonyl (C=O) groups excluding carboxylic acids is 1. The third kappa shape index (κ3) is 6.46. The zero-order valence-electron chi connectivity index (χ0n) is 23.0. The van der Waals surface area contributed by atoms with Gasteiger partial charge in [0, 0.05) is 57.5 Å². The molecule has 3 aliphatic heterocycles. The summed E-state index contributed by atoms with van der Waals surface area (Å²) in [6, 6.07) is 3.93. The minimum absolute atomic E-state index is 0.0416. The van der Waals surface area contributed by atoms with Crippen molar-refractivity contribution in [2.45, 2.75) is 69.9 Å². The monoisotopic (exact) mass is 583 g/mol. The Kier molecular flexibility index (Phi) is 8.76. The number of rotatable bonds is 6. The zero-order valence-corrected chi connectivity index (χ0v) is 23.0. The summed E-state index contributed by atoms with van der Waals surface area (Å²) >= 11 is 0. The molecule has 2 atom stereocenters. The second-order valence-electron chi connectivity index (χ2n) is 10.8. The second-order valence-corrected chi connectivity index (χ2v) is 10.8. The van der Waals surface area contributed by atoms with Crippen LogP contribution in [0, 0.1) is 6.92 Å². The SMILES string of the molecule is CO[C@H]1COCC[C@H]1NC1CCN(C(=O)c2nc(C(F)F)nc(N3CCc4ccc(C(F)(F)F)cc4C3)c2C)CC1. The van der Waals surface area contributed by atoms with Gasteiger partial charge >= 0.3 is 6.18 Å². The number of nitrogens with zero attached hydrogens (tertiary/aromatic N) is 4. The Balaban J connectivity index is 1.32. The van der Waals surface area contributed by atoms with Crippen LogP contribution in [0.2, 0.25) is 0 Å². The van der Waals surface area contributed by atoms with Gasteiger partial charge in [0.2, 0.25) is 0 Å². The summed E-state index contributed by atoms with van der Waals surface area (Å²) in [5, 5.41) is 3.62. The summed E-state index contributed by atoms with van der Waals surface area (Å²) in [4.78, 5) is 24.8. The van der Waals surface area contributed by atoms with Crippen LogP contribution in [-0.2, 0) is 28.6 Å². The number of fused-ring (bicyclic) bond motifs is 1. The first-order valence-corrected chi connectivity index (χ1v) is 13.8. The zero-order chi connectivity index (χ0) is 29.3. The van der Waals surface area contributed by atoms with Gasteiger partial charge in [0.25, 0.3) is 12.3 Å². The summed E-state index contributed by atoms with van der Waals surface area (Å²) in [5.41, 5.74) is 0.676. The van der Waals surface area contributed by atoms with E-state index in [-0.39, 0.29) is 36.2 Å². The number of amides is 1.